The minimum absolute atomic E-state index is 0.0848. The summed E-state index contributed by atoms with van der Waals surface area (Å²) in [5.41, 5.74) is 2.95. The third-order valence-electron chi connectivity index (χ3n) is 5.01. The summed E-state index contributed by atoms with van der Waals surface area (Å²) < 4.78 is 1.58. The van der Waals surface area contributed by atoms with Crippen molar-refractivity contribution in [3.8, 4) is 11.1 Å². The molecule has 1 aliphatic heterocycles. The van der Waals surface area contributed by atoms with Gasteiger partial charge >= 0.3 is 0 Å². The molecule has 3 aromatic rings. The number of benzene rings is 1. The fraction of sp³-hybridized carbons (Fsp3) is 0.182. The Morgan fingerprint density at radius 3 is 2.66 bits per heavy atom. The van der Waals surface area contributed by atoms with Gasteiger partial charge in [-0.15, -0.1) is 0 Å². The van der Waals surface area contributed by atoms with E-state index in [0.717, 1.165) is 16.8 Å². The van der Waals surface area contributed by atoms with Crippen LogP contribution in [0, 0.1) is 0 Å². The van der Waals surface area contributed by atoms with E-state index in [4.69, 9.17) is 11.6 Å². The molecule has 3 heterocycles. The Labute approximate surface area is 172 Å². The van der Waals surface area contributed by atoms with Gasteiger partial charge in [0.25, 0.3) is 5.56 Å². The van der Waals surface area contributed by atoms with Crippen LogP contribution in [0.4, 0.5) is 0 Å². The first-order chi connectivity index (χ1) is 14.0. The number of nitrogens with zero attached hydrogens (tertiary/aromatic N) is 2. The highest BCUT2D eigenvalue weighted by atomic mass is 35.5. The minimum Gasteiger partial charge on any atom is -0.310 e. The molecular formula is C22H18ClN3O3. The highest BCUT2D eigenvalue weighted by Crippen LogP contribution is 2.36. The Morgan fingerprint density at radius 2 is 1.93 bits per heavy atom. The van der Waals surface area contributed by atoms with Crippen LogP contribution in [0.5, 0.6) is 0 Å². The molecule has 146 valence electrons. The molecular weight excluding hydrogens is 390 g/mol. The van der Waals surface area contributed by atoms with Gasteiger partial charge in [-0.05, 0) is 24.1 Å². The summed E-state index contributed by atoms with van der Waals surface area (Å²) in [6.07, 6.45) is 4.17. The van der Waals surface area contributed by atoms with Crippen molar-refractivity contribution < 1.29 is 9.59 Å². The largest absolute Gasteiger partial charge is 0.310 e. The number of carbonyl (C=O) groups excluding carboxylic acids is 2. The number of pyridine rings is 2. The van der Waals surface area contributed by atoms with E-state index in [9.17, 15) is 14.4 Å². The number of halogens is 1. The van der Waals surface area contributed by atoms with E-state index in [2.05, 4.69) is 10.3 Å². The summed E-state index contributed by atoms with van der Waals surface area (Å²) in [5, 5.41) is 2.86. The third kappa shape index (κ3) is 3.98. The Kier molecular flexibility index (Phi) is 5.27. The van der Waals surface area contributed by atoms with Crippen LogP contribution in [0.2, 0.25) is 5.02 Å². The van der Waals surface area contributed by atoms with Gasteiger partial charge in [-0.3, -0.25) is 24.7 Å². The number of hydrogen-bond acceptors (Lipinski definition) is 4. The van der Waals surface area contributed by atoms with Crippen molar-refractivity contribution in [2.45, 2.75) is 25.3 Å². The number of imide groups is 1. The van der Waals surface area contributed by atoms with Crippen LogP contribution < -0.4 is 10.9 Å². The molecule has 1 aliphatic rings. The van der Waals surface area contributed by atoms with Gasteiger partial charge in [0.15, 0.2) is 0 Å². The lowest BCUT2D eigenvalue weighted by Crippen LogP contribution is -2.39. The molecule has 0 aliphatic carbocycles. The Bertz CT molecular complexity index is 1140. The number of hydrogen-bond donors (Lipinski definition) is 1. The molecule has 2 amide bonds. The average molecular weight is 408 g/mol. The van der Waals surface area contributed by atoms with E-state index in [0.29, 0.717) is 30.0 Å². The van der Waals surface area contributed by atoms with Crippen molar-refractivity contribution in [3.63, 3.8) is 0 Å². The number of piperidine rings is 1. The molecule has 6 nitrogen and oxygen atoms in total. The highest BCUT2D eigenvalue weighted by Gasteiger charge is 2.30. The Morgan fingerprint density at radius 1 is 1.07 bits per heavy atom. The number of rotatable bonds is 4. The monoisotopic (exact) mass is 407 g/mol. The molecule has 0 spiro atoms. The molecule has 0 radical (unpaired) electrons. The van der Waals surface area contributed by atoms with E-state index >= 15 is 0 Å². The smallest absolute Gasteiger partial charge is 0.250 e. The van der Waals surface area contributed by atoms with Crippen LogP contribution in [0.15, 0.2) is 65.7 Å². The molecule has 29 heavy (non-hydrogen) atoms. The molecule has 1 aromatic carbocycles. The van der Waals surface area contributed by atoms with Crippen LogP contribution in [0.1, 0.15) is 30.0 Å². The van der Waals surface area contributed by atoms with E-state index < -0.39 is 5.92 Å². The molecule has 4 rings (SSSR count). The molecule has 1 N–H and O–H groups in total. The van der Waals surface area contributed by atoms with Gasteiger partial charge in [-0.1, -0.05) is 41.9 Å². The van der Waals surface area contributed by atoms with Crippen molar-refractivity contribution in [1.82, 2.24) is 14.9 Å². The average Bonchev–Trinajstić information content (AvgIpc) is 2.71. The summed E-state index contributed by atoms with van der Waals surface area (Å²) >= 11 is 6.63. The van der Waals surface area contributed by atoms with Gasteiger partial charge < -0.3 is 4.57 Å². The second-order valence-corrected chi connectivity index (χ2v) is 7.30. The number of amides is 2. The molecule has 1 atom stereocenters. The Hall–Kier alpha value is -3.25. The minimum atomic E-state index is -0.447. The van der Waals surface area contributed by atoms with Gasteiger partial charge in [-0.25, -0.2) is 0 Å². The van der Waals surface area contributed by atoms with Gasteiger partial charge in [-0.2, -0.15) is 0 Å². The molecule has 1 saturated heterocycles. The predicted molar refractivity (Wildman–Crippen MR) is 110 cm³/mol. The lowest BCUT2D eigenvalue weighted by molar-refractivity contribution is -0.134. The quantitative estimate of drug-likeness (QED) is 0.674. The summed E-state index contributed by atoms with van der Waals surface area (Å²) in [7, 11) is 0. The number of carbonyl (C=O) groups is 2. The van der Waals surface area contributed by atoms with E-state index in [-0.39, 0.29) is 17.4 Å². The molecule has 0 bridgehead atoms. The van der Waals surface area contributed by atoms with Crippen LogP contribution in [-0.4, -0.2) is 21.4 Å². The Balaban J connectivity index is 1.60. The molecule has 7 heteroatoms. The zero-order valence-electron chi connectivity index (χ0n) is 15.5. The molecule has 1 fully saturated rings. The van der Waals surface area contributed by atoms with E-state index in [1.54, 1.807) is 29.1 Å². The standard InChI is InChI=1S/C22H18ClN3O3/c23-21-16(4-3-5-17(21)18-9-10-19(27)25-22(18)29)14-7-8-15(24-12-14)13-26-11-2-1-6-20(26)28/h1-8,11-12,18H,9-10,13H2,(H,25,27,29). The van der Waals surface area contributed by atoms with Gasteiger partial charge in [0.2, 0.25) is 11.8 Å². The predicted octanol–water partition coefficient (Wildman–Crippen LogP) is 3.13. The summed E-state index contributed by atoms with van der Waals surface area (Å²) in [5.74, 6) is -1.02. The first-order valence-corrected chi connectivity index (χ1v) is 9.63. The van der Waals surface area contributed by atoms with Crippen LogP contribution in [0.25, 0.3) is 11.1 Å². The van der Waals surface area contributed by atoms with Crippen molar-refractivity contribution in [2.24, 2.45) is 0 Å². The molecule has 1 unspecified atom stereocenters. The first-order valence-electron chi connectivity index (χ1n) is 9.26. The lowest BCUT2D eigenvalue weighted by Gasteiger charge is -2.23. The zero-order chi connectivity index (χ0) is 20.4. The van der Waals surface area contributed by atoms with Crippen molar-refractivity contribution >= 4 is 23.4 Å². The van der Waals surface area contributed by atoms with Gasteiger partial charge in [0.05, 0.1) is 23.2 Å². The summed E-state index contributed by atoms with van der Waals surface area (Å²) in [6.45, 7) is 0.379. The topological polar surface area (TPSA) is 81.1 Å². The maximum absolute atomic E-state index is 12.2. The number of nitrogens with one attached hydrogen (secondary N) is 1. The van der Waals surface area contributed by atoms with Crippen LogP contribution >= 0.6 is 11.6 Å². The van der Waals surface area contributed by atoms with Crippen LogP contribution in [0.3, 0.4) is 0 Å². The normalized spacial score (nSPS) is 16.5. The van der Waals surface area contributed by atoms with Crippen molar-refractivity contribution in [3.05, 3.63) is 87.6 Å². The lowest BCUT2D eigenvalue weighted by atomic mass is 9.88. The summed E-state index contributed by atoms with van der Waals surface area (Å²) in [6, 6.07) is 14.3. The van der Waals surface area contributed by atoms with Gasteiger partial charge in [0.1, 0.15) is 0 Å². The maximum Gasteiger partial charge on any atom is 0.250 e. The second kappa shape index (κ2) is 8.01. The van der Waals surface area contributed by atoms with Crippen LogP contribution in [-0.2, 0) is 16.1 Å². The van der Waals surface area contributed by atoms with E-state index in [1.807, 2.05) is 30.3 Å². The van der Waals surface area contributed by atoms with Crippen molar-refractivity contribution in [1.29, 1.82) is 0 Å². The maximum atomic E-state index is 12.2. The third-order valence-corrected chi connectivity index (χ3v) is 5.43. The second-order valence-electron chi connectivity index (χ2n) is 6.92. The number of aromatic nitrogens is 2. The van der Waals surface area contributed by atoms with Crippen molar-refractivity contribution in [2.75, 3.05) is 0 Å². The first kappa shape index (κ1) is 19.1. The SMILES string of the molecule is O=C1CCC(c2cccc(-c3ccc(Cn4ccccc4=O)nc3)c2Cl)C(=O)N1. The zero-order valence-corrected chi connectivity index (χ0v) is 16.2. The fourth-order valence-corrected chi connectivity index (χ4v) is 3.84. The fourth-order valence-electron chi connectivity index (χ4n) is 3.48. The highest BCUT2D eigenvalue weighted by molar-refractivity contribution is 6.34. The molecule has 2 aromatic heterocycles. The molecule has 0 saturated carbocycles. The summed E-state index contributed by atoms with van der Waals surface area (Å²) in [4.78, 5) is 39.9. The van der Waals surface area contributed by atoms with Gasteiger partial charge in [0, 0.05) is 36.0 Å². The van der Waals surface area contributed by atoms with E-state index in [1.165, 1.54) is 6.07 Å².